The maximum atomic E-state index is 12.1. The number of carbonyl (C=O) groups is 1. The number of carbonyl (C=O) groups excluding carboxylic acids is 1. The number of benzene rings is 1. The highest BCUT2D eigenvalue weighted by molar-refractivity contribution is 7.18. The molecule has 0 saturated carbocycles. The molecule has 1 aromatic carbocycles. The lowest BCUT2D eigenvalue weighted by atomic mass is 10.3. The summed E-state index contributed by atoms with van der Waals surface area (Å²) in [7, 11) is 0. The Morgan fingerprint density at radius 1 is 1.26 bits per heavy atom. The number of fused-ring (bicyclic) bond motifs is 1. The smallest absolute Gasteiger partial charge is 0.248 e. The standard InChI is InChI=1S/C16H21N3O3S/c20-10-9-18-5-7-19(8-6-18)16(21)12-22-11-15-17-13-3-1-2-4-14(13)23-15/h1-4,20H,5-12H2. The van der Waals surface area contributed by atoms with Crippen LogP contribution in [0.1, 0.15) is 5.01 Å². The third-order valence-corrected chi connectivity index (χ3v) is 4.94. The number of para-hydroxylation sites is 1. The van der Waals surface area contributed by atoms with E-state index in [9.17, 15) is 4.79 Å². The van der Waals surface area contributed by atoms with Crippen LogP contribution in [0.2, 0.25) is 0 Å². The number of thiazole rings is 1. The van der Waals surface area contributed by atoms with E-state index in [0.29, 0.717) is 26.2 Å². The van der Waals surface area contributed by atoms with Crippen molar-refractivity contribution in [3.63, 3.8) is 0 Å². The fraction of sp³-hybridized carbons (Fsp3) is 0.500. The van der Waals surface area contributed by atoms with Crippen LogP contribution in [0.25, 0.3) is 10.2 Å². The van der Waals surface area contributed by atoms with Crippen LogP contribution in [0.4, 0.5) is 0 Å². The molecule has 2 aromatic rings. The molecule has 0 aliphatic carbocycles. The van der Waals surface area contributed by atoms with Crippen molar-refractivity contribution < 1.29 is 14.6 Å². The molecular formula is C16H21N3O3S. The van der Waals surface area contributed by atoms with Crippen LogP contribution in [0.3, 0.4) is 0 Å². The van der Waals surface area contributed by atoms with E-state index < -0.39 is 0 Å². The molecule has 2 heterocycles. The average Bonchev–Trinajstić information content (AvgIpc) is 2.98. The Hall–Kier alpha value is -1.54. The number of rotatable bonds is 6. The van der Waals surface area contributed by atoms with Crippen molar-refractivity contribution in [1.29, 1.82) is 0 Å². The molecule has 1 fully saturated rings. The fourth-order valence-electron chi connectivity index (χ4n) is 2.66. The van der Waals surface area contributed by atoms with Crippen molar-refractivity contribution >= 4 is 27.5 Å². The zero-order chi connectivity index (χ0) is 16.1. The van der Waals surface area contributed by atoms with Gasteiger partial charge < -0.3 is 14.7 Å². The number of ether oxygens (including phenoxy) is 1. The molecule has 1 N–H and O–H groups in total. The molecule has 1 amide bonds. The van der Waals surface area contributed by atoms with Gasteiger partial charge >= 0.3 is 0 Å². The first-order chi connectivity index (χ1) is 11.3. The molecule has 1 aliphatic rings. The first-order valence-corrected chi connectivity index (χ1v) is 8.61. The van der Waals surface area contributed by atoms with Crippen molar-refractivity contribution in [3.05, 3.63) is 29.3 Å². The summed E-state index contributed by atoms with van der Waals surface area (Å²) in [4.78, 5) is 20.6. The zero-order valence-corrected chi connectivity index (χ0v) is 13.8. The molecule has 0 spiro atoms. The SMILES string of the molecule is O=C(COCc1nc2ccccc2s1)N1CCN(CCO)CC1. The van der Waals surface area contributed by atoms with Crippen LogP contribution in [-0.4, -0.2) is 71.7 Å². The average molecular weight is 335 g/mol. The van der Waals surface area contributed by atoms with Gasteiger partial charge in [0.1, 0.15) is 11.6 Å². The third kappa shape index (κ3) is 4.26. The lowest BCUT2D eigenvalue weighted by molar-refractivity contribution is -0.138. The molecule has 0 bridgehead atoms. The molecule has 0 unspecified atom stereocenters. The monoisotopic (exact) mass is 335 g/mol. The number of nitrogens with zero attached hydrogens (tertiary/aromatic N) is 3. The van der Waals surface area contributed by atoms with Gasteiger partial charge in [0.15, 0.2) is 0 Å². The number of piperazine rings is 1. The third-order valence-electron chi connectivity index (χ3n) is 3.93. The molecule has 6 nitrogen and oxygen atoms in total. The van der Waals surface area contributed by atoms with Gasteiger partial charge in [-0.2, -0.15) is 0 Å². The number of aliphatic hydroxyl groups excluding tert-OH is 1. The van der Waals surface area contributed by atoms with Crippen LogP contribution >= 0.6 is 11.3 Å². The molecule has 7 heteroatoms. The normalized spacial score (nSPS) is 16.1. The number of hydrogen-bond donors (Lipinski definition) is 1. The van der Waals surface area contributed by atoms with E-state index in [1.807, 2.05) is 29.2 Å². The van der Waals surface area contributed by atoms with Gasteiger partial charge in [-0.15, -0.1) is 11.3 Å². The first-order valence-electron chi connectivity index (χ1n) is 7.79. The van der Waals surface area contributed by atoms with Crippen molar-refractivity contribution in [1.82, 2.24) is 14.8 Å². The van der Waals surface area contributed by atoms with Crippen molar-refractivity contribution in [2.45, 2.75) is 6.61 Å². The summed E-state index contributed by atoms with van der Waals surface area (Å²) in [5.74, 6) is 0.0229. The summed E-state index contributed by atoms with van der Waals surface area (Å²) in [5.41, 5.74) is 0.974. The minimum absolute atomic E-state index is 0.0229. The topological polar surface area (TPSA) is 65.9 Å². The van der Waals surface area contributed by atoms with Crippen LogP contribution in [0, 0.1) is 0 Å². The van der Waals surface area contributed by atoms with Gasteiger partial charge in [0, 0.05) is 32.7 Å². The Balaban J connectivity index is 1.42. The van der Waals surface area contributed by atoms with Crippen LogP contribution in [0.5, 0.6) is 0 Å². The van der Waals surface area contributed by atoms with E-state index in [1.54, 1.807) is 11.3 Å². The highest BCUT2D eigenvalue weighted by Gasteiger charge is 2.20. The Morgan fingerprint density at radius 3 is 2.78 bits per heavy atom. The van der Waals surface area contributed by atoms with Crippen LogP contribution in [0.15, 0.2) is 24.3 Å². The largest absolute Gasteiger partial charge is 0.395 e. The van der Waals surface area contributed by atoms with Crippen LogP contribution < -0.4 is 0 Å². The lowest BCUT2D eigenvalue weighted by Crippen LogP contribution is -2.50. The number of hydrogen-bond acceptors (Lipinski definition) is 6. The van der Waals surface area contributed by atoms with E-state index >= 15 is 0 Å². The molecule has 124 valence electrons. The van der Waals surface area contributed by atoms with Gasteiger partial charge in [0.05, 0.1) is 23.4 Å². The van der Waals surface area contributed by atoms with E-state index in [4.69, 9.17) is 9.84 Å². The van der Waals surface area contributed by atoms with Crippen molar-refractivity contribution in [3.8, 4) is 0 Å². The summed E-state index contributed by atoms with van der Waals surface area (Å²) in [5, 5.41) is 9.82. The van der Waals surface area contributed by atoms with E-state index in [0.717, 1.165) is 28.3 Å². The Labute approximate surface area is 139 Å². The maximum Gasteiger partial charge on any atom is 0.248 e. The maximum absolute atomic E-state index is 12.1. The fourth-order valence-corrected chi connectivity index (χ4v) is 3.57. The van der Waals surface area contributed by atoms with Crippen molar-refractivity contribution in [2.75, 3.05) is 45.9 Å². The summed E-state index contributed by atoms with van der Waals surface area (Å²) in [6.45, 7) is 4.32. The van der Waals surface area contributed by atoms with Gasteiger partial charge in [0.25, 0.3) is 0 Å². The van der Waals surface area contributed by atoms with E-state index in [1.165, 1.54) is 0 Å². The minimum atomic E-state index is 0.0229. The summed E-state index contributed by atoms with van der Waals surface area (Å²) in [6.07, 6.45) is 0. The van der Waals surface area contributed by atoms with Crippen LogP contribution in [-0.2, 0) is 16.1 Å². The Morgan fingerprint density at radius 2 is 2.04 bits per heavy atom. The second-order valence-corrected chi connectivity index (χ2v) is 6.63. The number of β-amino-alcohol motifs (C(OH)–C–C–N with tert-alkyl or cyclic N) is 1. The van der Waals surface area contributed by atoms with Gasteiger partial charge in [-0.3, -0.25) is 9.69 Å². The molecule has 1 aromatic heterocycles. The van der Waals surface area contributed by atoms with Gasteiger partial charge in [0.2, 0.25) is 5.91 Å². The second kappa shape index (κ2) is 7.83. The molecule has 1 aliphatic heterocycles. The van der Waals surface area contributed by atoms with Gasteiger partial charge in [-0.1, -0.05) is 12.1 Å². The predicted molar refractivity (Wildman–Crippen MR) is 89.4 cm³/mol. The number of aromatic nitrogens is 1. The van der Waals surface area contributed by atoms with Crippen molar-refractivity contribution in [2.24, 2.45) is 0 Å². The van der Waals surface area contributed by atoms with Gasteiger partial charge in [-0.25, -0.2) is 4.98 Å². The predicted octanol–water partition coefficient (Wildman–Crippen LogP) is 0.949. The molecule has 3 rings (SSSR count). The first kappa shape index (κ1) is 16.3. The summed E-state index contributed by atoms with van der Waals surface area (Å²) < 4.78 is 6.68. The molecular weight excluding hydrogens is 314 g/mol. The number of aliphatic hydroxyl groups is 1. The summed E-state index contributed by atoms with van der Waals surface area (Å²) in [6, 6.07) is 7.97. The van der Waals surface area contributed by atoms with E-state index in [2.05, 4.69) is 9.88 Å². The Kier molecular flexibility index (Phi) is 5.56. The quantitative estimate of drug-likeness (QED) is 0.851. The van der Waals surface area contributed by atoms with Gasteiger partial charge in [-0.05, 0) is 12.1 Å². The second-order valence-electron chi connectivity index (χ2n) is 5.51. The minimum Gasteiger partial charge on any atom is -0.395 e. The molecule has 0 atom stereocenters. The number of amides is 1. The summed E-state index contributed by atoms with van der Waals surface area (Å²) >= 11 is 1.60. The lowest BCUT2D eigenvalue weighted by Gasteiger charge is -2.34. The molecule has 1 saturated heterocycles. The van der Waals surface area contributed by atoms with E-state index in [-0.39, 0.29) is 19.1 Å². The Bertz CT molecular complexity index is 620. The highest BCUT2D eigenvalue weighted by Crippen LogP contribution is 2.21. The zero-order valence-electron chi connectivity index (χ0n) is 13.0. The molecule has 0 radical (unpaired) electrons. The molecule has 23 heavy (non-hydrogen) atoms. The highest BCUT2D eigenvalue weighted by atomic mass is 32.1.